The Morgan fingerprint density at radius 1 is 1.06 bits per heavy atom. The number of anilines is 1. The standard InChI is InChI=1S/C15H16BrN/c1-12-10-14(16)8-9-15(12)17(2)11-13-6-4-3-5-7-13/h3-10H,11H2,1-2H3. The second-order valence-corrected chi connectivity index (χ2v) is 5.19. The number of benzene rings is 2. The van der Waals surface area contributed by atoms with Crippen LogP contribution < -0.4 is 4.90 Å². The van der Waals surface area contributed by atoms with E-state index < -0.39 is 0 Å². The molecule has 0 aromatic heterocycles. The molecule has 88 valence electrons. The summed E-state index contributed by atoms with van der Waals surface area (Å²) >= 11 is 3.49. The third-order valence-electron chi connectivity index (χ3n) is 2.83. The van der Waals surface area contributed by atoms with Gasteiger partial charge in [0.2, 0.25) is 0 Å². The van der Waals surface area contributed by atoms with Crippen molar-refractivity contribution in [1.29, 1.82) is 0 Å². The van der Waals surface area contributed by atoms with Gasteiger partial charge in [-0.15, -0.1) is 0 Å². The van der Waals surface area contributed by atoms with Gasteiger partial charge in [0.15, 0.2) is 0 Å². The van der Waals surface area contributed by atoms with Gasteiger partial charge < -0.3 is 4.90 Å². The van der Waals surface area contributed by atoms with Crippen LogP contribution in [0.15, 0.2) is 53.0 Å². The van der Waals surface area contributed by atoms with Crippen molar-refractivity contribution in [2.45, 2.75) is 13.5 Å². The van der Waals surface area contributed by atoms with Crippen LogP contribution in [0, 0.1) is 6.92 Å². The molecule has 0 amide bonds. The molecule has 0 aliphatic rings. The molecule has 0 atom stereocenters. The van der Waals surface area contributed by atoms with Crippen molar-refractivity contribution in [2.24, 2.45) is 0 Å². The molecule has 1 nitrogen and oxygen atoms in total. The zero-order chi connectivity index (χ0) is 12.3. The summed E-state index contributed by atoms with van der Waals surface area (Å²) in [7, 11) is 2.13. The first-order valence-corrected chi connectivity index (χ1v) is 6.47. The Labute approximate surface area is 111 Å². The lowest BCUT2D eigenvalue weighted by atomic mass is 10.1. The zero-order valence-corrected chi connectivity index (χ0v) is 11.7. The first-order chi connectivity index (χ1) is 8.16. The summed E-state index contributed by atoms with van der Waals surface area (Å²) in [6.07, 6.45) is 0. The molecule has 0 heterocycles. The maximum absolute atomic E-state index is 3.49. The first-order valence-electron chi connectivity index (χ1n) is 5.68. The smallest absolute Gasteiger partial charge is 0.0426 e. The lowest BCUT2D eigenvalue weighted by Crippen LogP contribution is -2.17. The average Bonchev–Trinajstić information content (AvgIpc) is 2.30. The minimum Gasteiger partial charge on any atom is -0.370 e. The predicted molar refractivity (Wildman–Crippen MR) is 77.4 cm³/mol. The number of nitrogens with zero attached hydrogens (tertiary/aromatic N) is 1. The fourth-order valence-corrected chi connectivity index (χ4v) is 2.47. The predicted octanol–water partition coefficient (Wildman–Crippen LogP) is 4.39. The Morgan fingerprint density at radius 2 is 1.76 bits per heavy atom. The summed E-state index contributed by atoms with van der Waals surface area (Å²) in [6, 6.07) is 16.9. The monoisotopic (exact) mass is 289 g/mol. The topological polar surface area (TPSA) is 3.24 Å². The molecule has 2 aromatic carbocycles. The van der Waals surface area contributed by atoms with Crippen molar-refractivity contribution in [2.75, 3.05) is 11.9 Å². The summed E-state index contributed by atoms with van der Waals surface area (Å²) in [5, 5.41) is 0. The maximum Gasteiger partial charge on any atom is 0.0426 e. The van der Waals surface area contributed by atoms with Gasteiger partial charge in [-0.05, 0) is 36.2 Å². The molecule has 0 unspecified atom stereocenters. The molecule has 0 saturated carbocycles. The first kappa shape index (κ1) is 12.2. The largest absolute Gasteiger partial charge is 0.370 e. The van der Waals surface area contributed by atoms with Gasteiger partial charge in [-0.1, -0.05) is 46.3 Å². The van der Waals surface area contributed by atoms with E-state index in [4.69, 9.17) is 0 Å². The van der Waals surface area contributed by atoms with Crippen molar-refractivity contribution in [3.8, 4) is 0 Å². The van der Waals surface area contributed by atoms with Gasteiger partial charge in [0.1, 0.15) is 0 Å². The summed E-state index contributed by atoms with van der Waals surface area (Å²) in [4.78, 5) is 2.27. The van der Waals surface area contributed by atoms with Gasteiger partial charge in [0.25, 0.3) is 0 Å². The van der Waals surface area contributed by atoms with Gasteiger partial charge in [-0.2, -0.15) is 0 Å². The van der Waals surface area contributed by atoms with Crippen LogP contribution in [-0.2, 0) is 6.54 Å². The number of hydrogen-bond donors (Lipinski definition) is 0. The normalized spacial score (nSPS) is 10.3. The number of rotatable bonds is 3. The maximum atomic E-state index is 3.49. The fourth-order valence-electron chi connectivity index (χ4n) is 1.99. The van der Waals surface area contributed by atoms with Crippen molar-refractivity contribution < 1.29 is 0 Å². The van der Waals surface area contributed by atoms with E-state index in [1.54, 1.807) is 0 Å². The molecule has 0 fully saturated rings. The number of hydrogen-bond acceptors (Lipinski definition) is 1. The summed E-state index contributed by atoms with van der Waals surface area (Å²) < 4.78 is 1.13. The van der Waals surface area contributed by atoms with E-state index in [9.17, 15) is 0 Å². The molecule has 0 aliphatic heterocycles. The van der Waals surface area contributed by atoms with Crippen LogP contribution in [0.2, 0.25) is 0 Å². The Balaban J connectivity index is 2.17. The second kappa shape index (κ2) is 5.37. The zero-order valence-electron chi connectivity index (χ0n) is 10.2. The molecule has 0 aliphatic carbocycles. The quantitative estimate of drug-likeness (QED) is 0.810. The summed E-state index contributed by atoms with van der Waals surface area (Å²) in [5.41, 5.74) is 3.90. The molecule has 0 saturated heterocycles. The van der Waals surface area contributed by atoms with Crippen LogP contribution in [0.3, 0.4) is 0 Å². The molecule has 2 rings (SSSR count). The molecule has 0 radical (unpaired) electrons. The Kier molecular flexibility index (Phi) is 3.85. The van der Waals surface area contributed by atoms with Crippen LogP contribution in [0.5, 0.6) is 0 Å². The summed E-state index contributed by atoms with van der Waals surface area (Å²) in [5.74, 6) is 0. The van der Waals surface area contributed by atoms with Crippen molar-refractivity contribution in [3.05, 3.63) is 64.1 Å². The minimum absolute atomic E-state index is 0.934. The van der Waals surface area contributed by atoms with Gasteiger partial charge in [0.05, 0.1) is 0 Å². The lowest BCUT2D eigenvalue weighted by Gasteiger charge is -2.21. The van der Waals surface area contributed by atoms with Crippen LogP contribution in [0.25, 0.3) is 0 Å². The highest BCUT2D eigenvalue weighted by molar-refractivity contribution is 9.10. The number of halogens is 1. The molecular formula is C15H16BrN. The van der Waals surface area contributed by atoms with Gasteiger partial charge in [-0.3, -0.25) is 0 Å². The van der Waals surface area contributed by atoms with E-state index in [0.717, 1.165) is 11.0 Å². The van der Waals surface area contributed by atoms with Crippen molar-refractivity contribution >= 4 is 21.6 Å². The highest BCUT2D eigenvalue weighted by Crippen LogP contribution is 2.24. The van der Waals surface area contributed by atoms with Gasteiger partial charge in [0, 0.05) is 23.8 Å². The third-order valence-corrected chi connectivity index (χ3v) is 3.33. The van der Waals surface area contributed by atoms with E-state index in [0.29, 0.717) is 0 Å². The van der Waals surface area contributed by atoms with Gasteiger partial charge >= 0.3 is 0 Å². The van der Waals surface area contributed by atoms with E-state index in [-0.39, 0.29) is 0 Å². The van der Waals surface area contributed by atoms with Crippen LogP contribution >= 0.6 is 15.9 Å². The van der Waals surface area contributed by atoms with Gasteiger partial charge in [-0.25, -0.2) is 0 Å². The number of aryl methyl sites for hydroxylation is 1. The Morgan fingerprint density at radius 3 is 2.41 bits per heavy atom. The van der Waals surface area contributed by atoms with E-state index in [1.807, 2.05) is 6.07 Å². The Bertz CT molecular complexity index is 494. The molecule has 2 aromatic rings. The van der Waals surface area contributed by atoms with Crippen molar-refractivity contribution in [1.82, 2.24) is 0 Å². The minimum atomic E-state index is 0.934. The molecule has 0 spiro atoms. The second-order valence-electron chi connectivity index (χ2n) is 4.27. The fraction of sp³-hybridized carbons (Fsp3) is 0.200. The van der Waals surface area contributed by atoms with E-state index in [2.05, 4.69) is 77.3 Å². The van der Waals surface area contributed by atoms with Crippen LogP contribution in [0.1, 0.15) is 11.1 Å². The lowest BCUT2D eigenvalue weighted by molar-refractivity contribution is 0.917. The third kappa shape index (κ3) is 3.10. The molecular weight excluding hydrogens is 274 g/mol. The van der Waals surface area contributed by atoms with Crippen molar-refractivity contribution in [3.63, 3.8) is 0 Å². The summed E-state index contributed by atoms with van der Waals surface area (Å²) in [6.45, 7) is 3.07. The SMILES string of the molecule is Cc1cc(Br)ccc1N(C)Cc1ccccc1. The molecule has 17 heavy (non-hydrogen) atoms. The average molecular weight is 290 g/mol. The van der Waals surface area contributed by atoms with E-state index >= 15 is 0 Å². The highest BCUT2D eigenvalue weighted by Gasteiger charge is 2.05. The van der Waals surface area contributed by atoms with E-state index in [1.165, 1.54) is 16.8 Å². The highest BCUT2D eigenvalue weighted by atomic mass is 79.9. The molecule has 0 N–H and O–H groups in total. The molecule has 2 heteroatoms. The molecule has 0 bridgehead atoms. The Hall–Kier alpha value is -1.28. The van der Waals surface area contributed by atoms with Crippen LogP contribution in [-0.4, -0.2) is 7.05 Å². The van der Waals surface area contributed by atoms with Crippen LogP contribution in [0.4, 0.5) is 5.69 Å².